The molecule has 2 heterocycles. The molecule has 2 aromatic heterocycles. The Morgan fingerprint density at radius 3 is 2.50 bits per heavy atom. The second-order valence-corrected chi connectivity index (χ2v) is 6.39. The summed E-state index contributed by atoms with van der Waals surface area (Å²) < 4.78 is 1.79. The number of hydrogen-bond donors (Lipinski definition) is 0. The van der Waals surface area contributed by atoms with E-state index in [9.17, 15) is 4.79 Å². The van der Waals surface area contributed by atoms with Gasteiger partial charge in [0.05, 0.1) is 11.9 Å². The zero-order valence-electron chi connectivity index (χ0n) is 15.4. The van der Waals surface area contributed by atoms with Crippen LogP contribution in [0.2, 0.25) is 0 Å². The van der Waals surface area contributed by atoms with Crippen molar-refractivity contribution in [2.75, 3.05) is 7.05 Å². The van der Waals surface area contributed by atoms with Crippen molar-refractivity contribution in [2.24, 2.45) is 0 Å². The normalized spacial score (nSPS) is 10.8. The molecule has 0 aliphatic carbocycles. The lowest BCUT2D eigenvalue weighted by Crippen LogP contribution is -2.30. The van der Waals surface area contributed by atoms with Crippen molar-refractivity contribution in [3.8, 4) is 17.1 Å². The predicted molar refractivity (Wildman–Crippen MR) is 103 cm³/mol. The topological polar surface area (TPSA) is 81.7 Å². The molecule has 4 rings (SSSR count). The number of amides is 1. The molecule has 0 N–H and O–H groups in total. The highest BCUT2D eigenvalue weighted by molar-refractivity contribution is 5.75. The van der Waals surface area contributed by atoms with Crippen molar-refractivity contribution in [1.82, 2.24) is 34.9 Å². The Balaban J connectivity index is 1.38. The van der Waals surface area contributed by atoms with E-state index in [-0.39, 0.29) is 12.5 Å². The van der Waals surface area contributed by atoms with Gasteiger partial charge in [-0.25, -0.2) is 4.68 Å². The molecule has 28 heavy (non-hydrogen) atoms. The largest absolute Gasteiger partial charge is 0.340 e. The molecule has 8 nitrogen and oxygen atoms in total. The van der Waals surface area contributed by atoms with Gasteiger partial charge in [-0.1, -0.05) is 48.5 Å². The summed E-state index contributed by atoms with van der Waals surface area (Å²) >= 11 is 0. The fourth-order valence-electron chi connectivity index (χ4n) is 2.78. The SMILES string of the molecule is CN(Cc1cnn(-c2ccccc2)c1)C(=O)Cn1nnc(-c2ccccc2)n1. The van der Waals surface area contributed by atoms with Gasteiger partial charge < -0.3 is 4.90 Å². The van der Waals surface area contributed by atoms with Crippen molar-refractivity contribution in [3.05, 3.63) is 78.6 Å². The molecule has 0 fully saturated rings. The highest BCUT2D eigenvalue weighted by atomic mass is 16.2. The molecule has 0 saturated heterocycles. The Morgan fingerprint density at radius 2 is 1.75 bits per heavy atom. The van der Waals surface area contributed by atoms with Crippen molar-refractivity contribution in [3.63, 3.8) is 0 Å². The summed E-state index contributed by atoms with van der Waals surface area (Å²) in [7, 11) is 1.75. The summed E-state index contributed by atoms with van der Waals surface area (Å²) in [6.45, 7) is 0.481. The van der Waals surface area contributed by atoms with E-state index < -0.39 is 0 Å². The molecular weight excluding hydrogens is 354 g/mol. The van der Waals surface area contributed by atoms with Crippen LogP contribution in [-0.4, -0.2) is 47.8 Å². The number of tetrazole rings is 1. The molecule has 0 unspecified atom stereocenters. The fourth-order valence-corrected chi connectivity index (χ4v) is 2.78. The Morgan fingerprint density at radius 1 is 1.04 bits per heavy atom. The van der Waals surface area contributed by atoms with Gasteiger partial charge in [0.25, 0.3) is 0 Å². The smallest absolute Gasteiger partial charge is 0.246 e. The van der Waals surface area contributed by atoms with Gasteiger partial charge >= 0.3 is 0 Å². The maximum absolute atomic E-state index is 12.5. The van der Waals surface area contributed by atoms with Crippen LogP contribution in [0.25, 0.3) is 17.1 Å². The third-order valence-electron chi connectivity index (χ3n) is 4.26. The first-order valence-corrected chi connectivity index (χ1v) is 8.85. The molecule has 8 heteroatoms. The number of aromatic nitrogens is 6. The lowest BCUT2D eigenvalue weighted by Gasteiger charge is -2.15. The average molecular weight is 373 g/mol. The number of carbonyl (C=O) groups excluding carboxylic acids is 1. The molecule has 1 amide bonds. The number of carbonyl (C=O) groups is 1. The Hall–Kier alpha value is -3.81. The van der Waals surface area contributed by atoms with E-state index in [1.165, 1.54) is 4.80 Å². The summed E-state index contributed by atoms with van der Waals surface area (Å²) in [5, 5.41) is 16.6. The van der Waals surface area contributed by atoms with Crippen molar-refractivity contribution in [2.45, 2.75) is 13.1 Å². The van der Waals surface area contributed by atoms with E-state index in [1.54, 1.807) is 22.8 Å². The highest BCUT2D eigenvalue weighted by Gasteiger charge is 2.14. The third-order valence-corrected chi connectivity index (χ3v) is 4.26. The molecular formula is C20H19N7O. The molecule has 0 saturated carbocycles. The van der Waals surface area contributed by atoms with Crippen LogP contribution in [0.3, 0.4) is 0 Å². The van der Waals surface area contributed by atoms with Crippen LogP contribution in [0.1, 0.15) is 5.56 Å². The quantitative estimate of drug-likeness (QED) is 0.517. The molecule has 4 aromatic rings. The fraction of sp³-hybridized carbons (Fsp3) is 0.150. The van der Waals surface area contributed by atoms with Gasteiger partial charge in [-0.3, -0.25) is 4.79 Å². The van der Waals surface area contributed by atoms with Crippen LogP contribution >= 0.6 is 0 Å². The molecule has 0 spiro atoms. The zero-order chi connectivity index (χ0) is 19.3. The maximum atomic E-state index is 12.5. The second kappa shape index (κ2) is 7.83. The van der Waals surface area contributed by atoms with Crippen molar-refractivity contribution < 1.29 is 4.79 Å². The standard InChI is InChI=1S/C20H19N7O/c1-25(13-16-12-21-26(14-16)18-10-6-3-7-11-18)19(28)15-27-23-20(22-24-27)17-8-4-2-5-9-17/h2-12,14H,13,15H2,1H3. The van der Waals surface area contributed by atoms with Crippen LogP contribution in [-0.2, 0) is 17.9 Å². The molecule has 0 atom stereocenters. The maximum Gasteiger partial charge on any atom is 0.246 e. The van der Waals surface area contributed by atoms with Gasteiger partial charge in [-0.2, -0.15) is 9.90 Å². The van der Waals surface area contributed by atoms with E-state index in [4.69, 9.17) is 0 Å². The average Bonchev–Trinajstić information content (AvgIpc) is 3.39. The van der Waals surface area contributed by atoms with Gasteiger partial charge in [0, 0.05) is 30.9 Å². The molecule has 2 aromatic carbocycles. The summed E-state index contributed by atoms with van der Waals surface area (Å²) in [6, 6.07) is 19.4. The van der Waals surface area contributed by atoms with Gasteiger partial charge in [0.2, 0.25) is 11.7 Å². The number of rotatable bonds is 6. The van der Waals surface area contributed by atoms with Gasteiger partial charge in [0.1, 0.15) is 6.54 Å². The molecule has 0 aliphatic heterocycles. The number of benzene rings is 2. The van der Waals surface area contributed by atoms with Crippen LogP contribution in [0.15, 0.2) is 73.1 Å². The number of nitrogens with zero attached hydrogens (tertiary/aromatic N) is 7. The molecule has 140 valence electrons. The zero-order valence-corrected chi connectivity index (χ0v) is 15.4. The minimum atomic E-state index is -0.107. The van der Waals surface area contributed by atoms with E-state index in [1.807, 2.05) is 66.9 Å². The predicted octanol–water partition coefficient (Wildman–Crippen LogP) is 2.18. The minimum absolute atomic E-state index is 0.0309. The van der Waals surface area contributed by atoms with E-state index in [2.05, 4.69) is 20.5 Å². The monoisotopic (exact) mass is 373 g/mol. The van der Waals surface area contributed by atoms with Gasteiger partial charge in [-0.05, 0) is 17.3 Å². The lowest BCUT2D eigenvalue weighted by atomic mass is 10.2. The molecule has 0 aliphatic rings. The summed E-state index contributed by atoms with van der Waals surface area (Å²) in [6.07, 6.45) is 3.68. The van der Waals surface area contributed by atoms with E-state index in [0.717, 1.165) is 16.8 Å². The van der Waals surface area contributed by atoms with E-state index in [0.29, 0.717) is 12.4 Å². The first-order chi connectivity index (χ1) is 13.7. The van der Waals surface area contributed by atoms with Crippen molar-refractivity contribution >= 4 is 5.91 Å². The highest BCUT2D eigenvalue weighted by Crippen LogP contribution is 2.12. The van der Waals surface area contributed by atoms with Crippen LogP contribution in [0, 0.1) is 0 Å². The first kappa shape index (κ1) is 17.6. The van der Waals surface area contributed by atoms with Gasteiger partial charge in [-0.15, -0.1) is 10.2 Å². The molecule has 0 bridgehead atoms. The Bertz CT molecular complexity index is 1060. The first-order valence-electron chi connectivity index (χ1n) is 8.85. The van der Waals surface area contributed by atoms with Crippen LogP contribution < -0.4 is 0 Å². The summed E-state index contributed by atoms with van der Waals surface area (Å²) in [5.74, 6) is 0.393. The number of para-hydroxylation sites is 1. The lowest BCUT2D eigenvalue weighted by molar-refractivity contribution is -0.131. The van der Waals surface area contributed by atoms with Crippen LogP contribution in [0.5, 0.6) is 0 Å². The second-order valence-electron chi connectivity index (χ2n) is 6.39. The van der Waals surface area contributed by atoms with E-state index >= 15 is 0 Å². The Kier molecular flexibility index (Phi) is 4.92. The summed E-state index contributed by atoms with van der Waals surface area (Å²) in [5.41, 5.74) is 2.78. The minimum Gasteiger partial charge on any atom is -0.340 e. The Labute approximate surface area is 162 Å². The van der Waals surface area contributed by atoms with Crippen LogP contribution in [0.4, 0.5) is 0 Å². The van der Waals surface area contributed by atoms with Crippen molar-refractivity contribution in [1.29, 1.82) is 0 Å². The summed E-state index contributed by atoms with van der Waals surface area (Å²) in [4.78, 5) is 15.4. The third kappa shape index (κ3) is 3.96. The molecule has 0 radical (unpaired) electrons. The number of likely N-dealkylation sites (N-methyl/N-ethyl adjacent to an activating group) is 1. The number of hydrogen-bond acceptors (Lipinski definition) is 5. The van der Waals surface area contributed by atoms with Gasteiger partial charge in [0.15, 0.2) is 0 Å².